The maximum atomic E-state index is 11.8. The van der Waals surface area contributed by atoms with Crippen molar-refractivity contribution in [3.63, 3.8) is 0 Å². The lowest BCUT2D eigenvalue weighted by atomic mass is 9.86. The Hall–Kier alpha value is -1.49. The summed E-state index contributed by atoms with van der Waals surface area (Å²) in [7, 11) is 4.17. The number of nitrogens with zero attached hydrogens (tertiary/aromatic N) is 1. The maximum Gasteiger partial charge on any atom is 0.0927 e. The highest BCUT2D eigenvalue weighted by molar-refractivity contribution is 7.67. The van der Waals surface area contributed by atoms with E-state index in [1.54, 1.807) is 0 Å². The van der Waals surface area contributed by atoms with Crippen LogP contribution in [0.3, 0.4) is 0 Å². The van der Waals surface area contributed by atoms with Gasteiger partial charge in [-0.25, -0.2) is 4.21 Å². The van der Waals surface area contributed by atoms with Crippen LogP contribution in [-0.4, -0.2) is 47.3 Å². The highest BCUT2D eigenvalue weighted by atomic mass is 32.1. The smallest absolute Gasteiger partial charge is 0.0927 e. The quantitative estimate of drug-likeness (QED) is 0.404. The molecule has 0 aliphatic heterocycles. The molecule has 0 saturated carbocycles. The van der Waals surface area contributed by atoms with E-state index in [1.165, 1.54) is 11.1 Å². The maximum absolute atomic E-state index is 11.8. The van der Waals surface area contributed by atoms with Gasteiger partial charge in [0.2, 0.25) is 0 Å². The van der Waals surface area contributed by atoms with Crippen LogP contribution in [0, 0.1) is 11.8 Å². The first-order valence-electron chi connectivity index (χ1n) is 10.4. The molecular weight excluding hydrogens is 366 g/mol. The van der Waals surface area contributed by atoms with Crippen molar-refractivity contribution < 1.29 is 8.95 Å². The number of allylic oxidation sites excluding steroid dienone is 3. The lowest BCUT2D eigenvalue weighted by Gasteiger charge is -2.28. The van der Waals surface area contributed by atoms with Crippen LogP contribution < -0.4 is 0 Å². The van der Waals surface area contributed by atoms with Crippen molar-refractivity contribution in [3.05, 3.63) is 59.7 Å². The van der Waals surface area contributed by atoms with Crippen LogP contribution in [0.25, 0.3) is 0 Å². The fourth-order valence-corrected chi connectivity index (χ4v) is 4.02. The van der Waals surface area contributed by atoms with E-state index in [0.717, 1.165) is 43.7 Å². The first-order valence-corrected chi connectivity index (χ1v) is 11.1. The second-order valence-electron chi connectivity index (χ2n) is 8.11. The van der Waals surface area contributed by atoms with Crippen LogP contribution in [-0.2, 0) is 22.4 Å². The van der Waals surface area contributed by atoms with Crippen molar-refractivity contribution >= 4 is 16.1 Å². The van der Waals surface area contributed by atoms with Gasteiger partial charge in [0.05, 0.1) is 22.2 Å². The lowest BCUT2D eigenvalue weighted by molar-refractivity contribution is 0.0306. The summed E-state index contributed by atoms with van der Waals surface area (Å²) in [5.74, 6) is 0.497. The molecule has 1 aliphatic rings. The average molecular weight is 402 g/mol. The Morgan fingerprint density at radius 1 is 1.14 bits per heavy atom. The molecular formula is C24H35NO2S. The topological polar surface area (TPSA) is 29.5 Å². The van der Waals surface area contributed by atoms with Crippen LogP contribution >= 0.6 is 0 Å². The minimum atomic E-state index is 0.0588. The summed E-state index contributed by atoms with van der Waals surface area (Å²) >= 11 is 0.628. The zero-order valence-electron chi connectivity index (χ0n) is 17.8. The third-order valence-corrected chi connectivity index (χ3v) is 5.76. The second kappa shape index (κ2) is 12.2. The molecule has 28 heavy (non-hydrogen) atoms. The molecule has 2 rings (SSSR count). The number of aryl methyl sites for hydroxylation is 1. The van der Waals surface area contributed by atoms with Crippen molar-refractivity contribution in [2.24, 2.45) is 11.8 Å². The molecule has 0 radical (unpaired) electrons. The molecule has 0 amide bonds. The fourth-order valence-electron chi connectivity index (χ4n) is 3.50. The number of rotatable bonds is 11. The van der Waals surface area contributed by atoms with Gasteiger partial charge in [0.15, 0.2) is 0 Å². The highest BCUT2D eigenvalue weighted by Crippen LogP contribution is 2.26. The van der Waals surface area contributed by atoms with Crippen LogP contribution in [0.5, 0.6) is 0 Å². The predicted molar refractivity (Wildman–Crippen MR) is 121 cm³/mol. The molecule has 0 saturated heterocycles. The Bertz CT molecular complexity index is 703. The van der Waals surface area contributed by atoms with Gasteiger partial charge in [0.1, 0.15) is 0 Å². The van der Waals surface area contributed by atoms with Gasteiger partial charge >= 0.3 is 0 Å². The van der Waals surface area contributed by atoms with E-state index in [2.05, 4.69) is 81.4 Å². The van der Waals surface area contributed by atoms with Gasteiger partial charge in [-0.1, -0.05) is 56.3 Å². The van der Waals surface area contributed by atoms with E-state index in [4.69, 9.17) is 4.74 Å². The number of hydrogen-bond donors (Lipinski definition) is 0. The van der Waals surface area contributed by atoms with Crippen LogP contribution in [0.4, 0.5) is 0 Å². The summed E-state index contributed by atoms with van der Waals surface area (Å²) in [6, 6.07) is 10.6. The van der Waals surface area contributed by atoms with Crippen LogP contribution in [0.15, 0.2) is 54.1 Å². The molecule has 1 aliphatic carbocycles. The molecule has 4 heteroatoms. The molecule has 0 aromatic heterocycles. The van der Waals surface area contributed by atoms with Gasteiger partial charge in [-0.15, -0.1) is 0 Å². The van der Waals surface area contributed by atoms with Crippen molar-refractivity contribution in [3.8, 4) is 0 Å². The van der Waals surface area contributed by atoms with Crippen molar-refractivity contribution in [1.82, 2.24) is 4.90 Å². The van der Waals surface area contributed by atoms with Crippen molar-refractivity contribution in [2.75, 3.05) is 27.2 Å². The van der Waals surface area contributed by atoms with E-state index in [-0.39, 0.29) is 12.0 Å². The Morgan fingerprint density at radius 3 is 2.54 bits per heavy atom. The Kier molecular flexibility index (Phi) is 9.89. The van der Waals surface area contributed by atoms with E-state index in [1.807, 2.05) is 0 Å². The number of benzene rings is 1. The standard InChI is InChI=1S/C24H35NO2S/c1-19(2)21-14-15-22(24(18-21)28-26)23(27-17-9-16-25(3)4)13-8-12-20-10-6-5-7-11-20/h5-7,10-11,14-15,18-19,22-23H,8-9,12-13,16-17H2,1-4H3. The van der Waals surface area contributed by atoms with Gasteiger partial charge in [0.25, 0.3) is 0 Å². The molecule has 0 spiro atoms. The lowest BCUT2D eigenvalue weighted by Crippen LogP contribution is -2.31. The molecule has 154 valence electrons. The summed E-state index contributed by atoms with van der Waals surface area (Å²) in [6.07, 6.45) is 10.6. The summed E-state index contributed by atoms with van der Waals surface area (Å²) in [5, 5.41) is 0. The summed E-state index contributed by atoms with van der Waals surface area (Å²) in [6.45, 7) is 6.08. The number of hydrogen-bond acceptors (Lipinski definition) is 3. The molecule has 3 nitrogen and oxygen atoms in total. The minimum Gasteiger partial charge on any atom is -0.377 e. The Labute approximate surface area is 174 Å². The van der Waals surface area contributed by atoms with Crippen LogP contribution in [0.2, 0.25) is 0 Å². The summed E-state index contributed by atoms with van der Waals surface area (Å²) in [5.41, 5.74) is 2.59. The Balaban J connectivity index is 2.02. The van der Waals surface area contributed by atoms with Gasteiger partial charge in [-0.05, 0) is 69.5 Å². The summed E-state index contributed by atoms with van der Waals surface area (Å²) in [4.78, 5) is 3.07. The molecule has 0 bridgehead atoms. The average Bonchev–Trinajstić information content (AvgIpc) is 2.70. The Morgan fingerprint density at radius 2 is 1.89 bits per heavy atom. The van der Waals surface area contributed by atoms with Crippen molar-refractivity contribution in [2.45, 2.75) is 45.6 Å². The summed E-state index contributed by atoms with van der Waals surface area (Å²) < 4.78 is 18.1. The molecule has 0 N–H and O–H groups in total. The first kappa shape index (κ1) is 22.8. The monoisotopic (exact) mass is 401 g/mol. The van der Waals surface area contributed by atoms with Gasteiger partial charge in [0, 0.05) is 12.5 Å². The fraction of sp³-hybridized carbons (Fsp3) is 0.542. The number of ether oxygens (including phenoxy) is 1. The largest absolute Gasteiger partial charge is 0.377 e. The van der Waals surface area contributed by atoms with E-state index < -0.39 is 0 Å². The van der Waals surface area contributed by atoms with E-state index in [0.29, 0.717) is 17.2 Å². The SMILES string of the molecule is CC(C)C1=CC(=S=O)C(C(CCCc2ccccc2)OCCCN(C)C)C=C1. The molecule has 2 unspecified atom stereocenters. The molecule has 1 aromatic carbocycles. The highest BCUT2D eigenvalue weighted by Gasteiger charge is 2.26. The predicted octanol–water partition coefficient (Wildman–Crippen LogP) is 4.50. The third-order valence-electron chi connectivity index (χ3n) is 5.18. The first-order chi connectivity index (χ1) is 13.5. The minimum absolute atomic E-state index is 0.0588. The van der Waals surface area contributed by atoms with Gasteiger partial charge in [-0.3, -0.25) is 0 Å². The van der Waals surface area contributed by atoms with Gasteiger partial charge in [-0.2, -0.15) is 0 Å². The second-order valence-corrected chi connectivity index (χ2v) is 8.75. The van der Waals surface area contributed by atoms with E-state index >= 15 is 0 Å². The zero-order chi connectivity index (χ0) is 20.4. The normalized spacial score (nSPS) is 17.9. The van der Waals surface area contributed by atoms with Crippen molar-refractivity contribution in [1.29, 1.82) is 0 Å². The zero-order valence-corrected chi connectivity index (χ0v) is 18.6. The molecule has 0 heterocycles. The van der Waals surface area contributed by atoms with Crippen LogP contribution in [0.1, 0.15) is 38.7 Å². The molecule has 1 aromatic rings. The molecule has 0 fully saturated rings. The van der Waals surface area contributed by atoms with Gasteiger partial charge < -0.3 is 9.64 Å². The third kappa shape index (κ3) is 7.50. The van der Waals surface area contributed by atoms with E-state index in [9.17, 15) is 4.21 Å². The molecule has 2 atom stereocenters.